The normalized spacial score (nSPS) is 21.6. The minimum Gasteiger partial charge on any atom is -0.394 e. The van der Waals surface area contributed by atoms with Gasteiger partial charge in [0.2, 0.25) is 5.91 Å². The maximum absolute atomic E-state index is 12.7. The lowest BCUT2D eigenvalue weighted by Gasteiger charge is -2.45. The Bertz CT molecular complexity index is 720. The topological polar surface area (TPSA) is 43.8 Å². The van der Waals surface area contributed by atoms with Gasteiger partial charge in [0.25, 0.3) is 0 Å². The van der Waals surface area contributed by atoms with Gasteiger partial charge in [0.05, 0.1) is 12.6 Å². The lowest BCUT2D eigenvalue weighted by atomic mass is 9.89. The number of carbonyl (C=O) groups is 1. The predicted molar refractivity (Wildman–Crippen MR) is 110 cm³/mol. The second-order valence-corrected chi connectivity index (χ2v) is 7.39. The van der Waals surface area contributed by atoms with Crippen molar-refractivity contribution in [1.29, 1.82) is 0 Å². The van der Waals surface area contributed by atoms with Gasteiger partial charge in [0.1, 0.15) is 0 Å². The zero-order valence-electron chi connectivity index (χ0n) is 16.3. The SMILES string of the molecule is CCC(=O)N(c1ccccc1)[C@H]1CCN(C(CO)c2ccccc2)C[C@H]1C. The first-order valence-corrected chi connectivity index (χ1v) is 9.92. The highest BCUT2D eigenvalue weighted by Gasteiger charge is 2.35. The number of rotatable bonds is 6. The highest BCUT2D eigenvalue weighted by molar-refractivity contribution is 5.93. The maximum Gasteiger partial charge on any atom is 0.226 e. The Labute approximate surface area is 162 Å². The fraction of sp³-hybridized carbons (Fsp3) is 0.435. The molecule has 3 atom stereocenters. The molecule has 1 saturated heterocycles. The van der Waals surface area contributed by atoms with Gasteiger partial charge < -0.3 is 10.0 Å². The average Bonchev–Trinajstić information content (AvgIpc) is 2.72. The van der Waals surface area contributed by atoms with E-state index in [0.29, 0.717) is 12.3 Å². The molecule has 1 heterocycles. The Hall–Kier alpha value is -2.17. The zero-order chi connectivity index (χ0) is 19.2. The largest absolute Gasteiger partial charge is 0.394 e. The molecule has 4 heteroatoms. The molecule has 1 aliphatic rings. The van der Waals surface area contributed by atoms with Gasteiger partial charge in [-0.15, -0.1) is 0 Å². The summed E-state index contributed by atoms with van der Waals surface area (Å²) in [5, 5.41) is 9.99. The molecule has 4 nitrogen and oxygen atoms in total. The summed E-state index contributed by atoms with van der Waals surface area (Å²) in [7, 11) is 0. The van der Waals surface area contributed by atoms with Crippen LogP contribution in [0.15, 0.2) is 60.7 Å². The lowest BCUT2D eigenvalue weighted by Crippen LogP contribution is -2.53. The summed E-state index contributed by atoms with van der Waals surface area (Å²) in [5.74, 6) is 0.500. The standard InChI is InChI=1S/C23H30N2O2/c1-3-23(27)25(20-12-8-5-9-13-20)21-14-15-24(16-18(21)2)22(17-26)19-10-6-4-7-11-19/h4-13,18,21-22,26H,3,14-17H2,1-2H3/t18-,21+,22?/m1/s1. The number of para-hydroxylation sites is 1. The average molecular weight is 367 g/mol. The summed E-state index contributed by atoms with van der Waals surface area (Å²) in [6, 6.07) is 20.4. The molecule has 2 aromatic carbocycles. The van der Waals surface area contributed by atoms with Crippen LogP contribution in [0.25, 0.3) is 0 Å². The van der Waals surface area contributed by atoms with Crippen molar-refractivity contribution in [2.45, 2.75) is 38.8 Å². The number of hydrogen-bond acceptors (Lipinski definition) is 3. The highest BCUT2D eigenvalue weighted by atomic mass is 16.3. The van der Waals surface area contributed by atoms with Crippen LogP contribution in [-0.4, -0.2) is 41.7 Å². The number of nitrogens with zero attached hydrogens (tertiary/aromatic N) is 2. The van der Waals surface area contributed by atoms with E-state index in [0.717, 1.165) is 30.8 Å². The molecule has 27 heavy (non-hydrogen) atoms. The van der Waals surface area contributed by atoms with E-state index in [-0.39, 0.29) is 24.6 Å². The molecule has 1 amide bonds. The molecule has 0 aliphatic carbocycles. The van der Waals surface area contributed by atoms with E-state index in [1.54, 1.807) is 0 Å². The van der Waals surface area contributed by atoms with E-state index in [2.05, 4.69) is 24.0 Å². The van der Waals surface area contributed by atoms with Crippen molar-refractivity contribution in [1.82, 2.24) is 4.90 Å². The number of hydrogen-bond donors (Lipinski definition) is 1. The molecule has 0 bridgehead atoms. The summed E-state index contributed by atoms with van der Waals surface area (Å²) in [5.41, 5.74) is 2.13. The Morgan fingerprint density at radius 2 is 1.78 bits per heavy atom. The molecule has 1 aliphatic heterocycles. The number of anilines is 1. The number of carbonyl (C=O) groups excluding carboxylic acids is 1. The number of piperidine rings is 1. The summed E-state index contributed by atoms with van der Waals surface area (Å²) in [6.45, 7) is 5.99. The second-order valence-electron chi connectivity index (χ2n) is 7.39. The predicted octanol–water partition coefficient (Wildman–Crippen LogP) is 3.87. The van der Waals surface area contributed by atoms with Gasteiger partial charge in [0, 0.05) is 31.2 Å². The van der Waals surface area contributed by atoms with Crippen LogP contribution < -0.4 is 4.90 Å². The van der Waals surface area contributed by atoms with Gasteiger partial charge >= 0.3 is 0 Å². The Morgan fingerprint density at radius 3 is 2.33 bits per heavy atom. The first kappa shape index (κ1) is 19.6. The van der Waals surface area contributed by atoms with Crippen molar-refractivity contribution in [3.8, 4) is 0 Å². The smallest absolute Gasteiger partial charge is 0.226 e. The summed E-state index contributed by atoms with van der Waals surface area (Å²) in [6.07, 6.45) is 1.41. The van der Waals surface area contributed by atoms with Gasteiger partial charge in [-0.05, 0) is 30.0 Å². The van der Waals surface area contributed by atoms with Crippen molar-refractivity contribution >= 4 is 11.6 Å². The van der Waals surface area contributed by atoms with E-state index in [1.807, 2.05) is 60.4 Å². The Kier molecular flexibility index (Phi) is 6.64. The molecule has 0 spiro atoms. The van der Waals surface area contributed by atoms with E-state index < -0.39 is 0 Å². The molecule has 0 saturated carbocycles. The van der Waals surface area contributed by atoms with Crippen LogP contribution in [-0.2, 0) is 4.79 Å². The van der Waals surface area contributed by atoms with E-state index >= 15 is 0 Å². The third kappa shape index (κ3) is 4.40. The molecule has 1 N–H and O–H groups in total. The number of amides is 1. The fourth-order valence-electron chi connectivity index (χ4n) is 4.22. The van der Waals surface area contributed by atoms with Crippen LogP contribution in [0.1, 0.15) is 38.3 Å². The Morgan fingerprint density at radius 1 is 1.15 bits per heavy atom. The zero-order valence-corrected chi connectivity index (χ0v) is 16.3. The molecular weight excluding hydrogens is 336 g/mol. The maximum atomic E-state index is 12.7. The molecular formula is C23H30N2O2. The van der Waals surface area contributed by atoms with Crippen LogP contribution in [0.5, 0.6) is 0 Å². The second kappa shape index (κ2) is 9.16. The minimum atomic E-state index is 0.0154. The van der Waals surface area contributed by atoms with Gasteiger partial charge in [-0.25, -0.2) is 0 Å². The van der Waals surface area contributed by atoms with Crippen LogP contribution >= 0.6 is 0 Å². The van der Waals surface area contributed by atoms with Crippen molar-refractivity contribution < 1.29 is 9.90 Å². The summed E-state index contributed by atoms with van der Waals surface area (Å²) < 4.78 is 0. The van der Waals surface area contributed by atoms with Crippen molar-refractivity contribution in [3.63, 3.8) is 0 Å². The number of likely N-dealkylation sites (tertiary alicyclic amines) is 1. The van der Waals surface area contributed by atoms with Crippen LogP contribution in [0.3, 0.4) is 0 Å². The van der Waals surface area contributed by atoms with E-state index in [9.17, 15) is 9.90 Å². The van der Waals surface area contributed by atoms with E-state index in [1.165, 1.54) is 0 Å². The van der Waals surface area contributed by atoms with Crippen molar-refractivity contribution in [2.75, 3.05) is 24.6 Å². The molecule has 1 fully saturated rings. The first-order chi connectivity index (χ1) is 13.2. The lowest BCUT2D eigenvalue weighted by molar-refractivity contribution is -0.119. The quantitative estimate of drug-likeness (QED) is 0.844. The van der Waals surface area contributed by atoms with Crippen LogP contribution in [0, 0.1) is 5.92 Å². The highest BCUT2D eigenvalue weighted by Crippen LogP contribution is 2.32. The van der Waals surface area contributed by atoms with E-state index in [4.69, 9.17) is 0 Å². The summed E-state index contributed by atoms with van der Waals surface area (Å²) >= 11 is 0. The van der Waals surface area contributed by atoms with Gasteiger partial charge in [-0.2, -0.15) is 0 Å². The van der Waals surface area contributed by atoms with Crippen molar-refractivity contribution in [2.24, 2.45) is 5.92 Å². The molecule has 0 radical (unpaired) electrons. The molecule has 2 aromatic rings. The number of aliphatic hydroxyl groups excluding tert-OH is 1. The van der Waals surface area contributed by atoms with Gasteiger partial charge in [0.15, 0.2) is 0 Å². The molecule has 144 valence electrons. The van der Waals surface area contributed by atoms with Crippen molar-refractivity contribution in [3.05, 3.63) is 66.2 Å². The van der Waals surface area contributed by atoms with Crippen LogP contribution in [0.2, 0.25) is 0 Å². The van der Waals surface area contributed by atoms with Crippen LogP contribution in [0.4, 0.5) is 5.69 Å². The number of aliphatic hydroxyl groups is 1. The monoisotopic (exact) mass is 366 g/mol. The molecule has 3 rings (SSSR count). The third-order valence-corrected chi connectivity index (χ3v) is 5.63. The third-order valence-electron chi connectivity index (χ3n) is 5.63. The Balaban J connectivity index is 1.78. The number of benzene rings is 2. The van der Waals surface area contributed by atoms with Gasteiger partial charge in [-0.1, -0.05) is 62.4 Å². The molecule has 0 aromatic heterocycles. The minimum absolute atomic E-state index is 0.0154. The molecule has 1 unspecified atom stereocenters. The van der Waals surface area contributed by atoms with Gasteiger partial charge in [-0.3, -0.25) is 9.69 Å². The summed E-state index contributed by atoms with van der Waals surface area (Å²) in [4.78, 5) is 17.1. The first-order valence-electron chi connectivity index (χ1n) is 9.92. The fourth-order valence-corrected chi connectivity index (χ4v) is 4.22.